The average molecular weight is 453 g/mol. The zero-order valence-corrected chi connectivity index (χ0v) is 18.3. The summed E-state index contributed by atoms with van der Waals surface area (Å²) in [6.07, 6.45) is 5.23. The van der Waals surface area contributed by atoms with E-state index in [-0.39, 0.29) is 11.7 Å². The van der Waals surface area contributed by atoms with Gasteiger partial charge in [-0.3, -0.25) is 14.6 Å². The predicted octanol–water partition coefficient (Wildman–Crippen LogP) is 4.37. The molecule has 4 rings (SSSR count). The summed E-state index contributed by atoms with van der Waals surface area (Å²) >= 11 is 6.06. The molecule has 9 heteroatoms. The SMILES string of the molecule is COc1ccc(Cl)cc1NC(=O)c1oc2c(c1C)/C(=N/NC(=O)c1ccncc1)CCC2. The average Bonchev–Trinajstić information content (AvgIpc) is 3.15. The molecule has 0 atom stereocenters. The molecular formula is C23H21ClN4O4. The predicted molar refractivity (Wildman–Crippen MR) is 121 cm³/mol. The van der Waals surface area contributed by atoms with Gasteiger partial charge in [0.2, 0.25) is 0 Å². The summed E-state index contributed by atoms with van der Waals surface area (Å²) in [5, 5.41) is 7.59. The second-order valence-corrected chi connectivity index (χ2v) is 7.68. The lowest BCUT2D eigenvalue weighted by atomic mass is 9.93. The Bertz CT molecular complexity index is 1200. The van der Waals surface area contributed by atoms with Gasteiger partial charge in [0.05, 0.1) is 18.5 Å². The number of halogens is 1. The van der Waals surface area contributed by atoms with E-state index in [2.05, 4.69) is 20.8 Å². The number of nitrogens with one attached hydrogen (secondary N) is 2. The van der Waals surface area contributed by atoms with E-state index in [0.717, 1.165) is 12.0 Å². The molecule has 1 aromatic carbocycles. The molecular weight excluding hydrogens is 432 g/mol. The lowest BCUT2D eigenvalue weighted by Gasteiger charge is -2.13. The van der Waals surface area contributed by atoms with Crippen LogP contribution in [0.2, 0.25) is 5.02 Å². The Hall–Kier alpha value is -3.65. The normalized spacial score (nSPS) is 14.0. The number of furan rings is 1. The molecule has 2 heterocycles. The number of aryl methyl sites for hydroxylation is 1. The Morgan fingerprint density at radius 2 is 1.94 bits per heavy atom. The van der Waals surface area contributed by atoms with E-state index in [1.165, 1.54) is 7.11 Å². The van der Waals surface area contributed by atoms with Crippen LogP contribution in [-0.4, -0.2) is 29.6 Å². The molecule has 3 aromatic rings. The molecule has 8 nitrogen and oxygen atoms in total. The third kappa shape index (κ3) is 4.36. The molecule has 0 bridgehead atoms. The number of benzene rings is 1. The van der Waals surface area contributed by atoms with Crippen molar-refractivity contribution in [3.05, 3.63) is 76.0 Å². The van der Waals surface area contributed by atoms with Crippen LogP contribution in [-0.2, 0) is 6.42 Å². The number of methoxy groups -OCH3 is 1. The number of hydrogen-bond donors (Lipinski definition) is 2. The van der Waals surface area contributed by atoms with Crippen molar-refractivity contribution in [2.24, 2.45) is 5.10 Å². The first-order valence-corrected chi connectivity index (χ1v) is 10.4. The van der Waals surface area contributed by atoms with Crippen LogP contribution in [0.3, 0.4) is 0 Å². The van der Waals surface area contributed by atoms with Crippen LogP contribution in [0.4, 0.5) is 5.69 Å². The van der Waals surface area contributed by atoms with Crippen molar-refractivity contribution in [3.63, 3.8) is 0 Å². The lowest BCUT2D eigenvalue weighted by Crippen LogP contribution is -2.22. The van der Waals surface area contributed by atoms with Crippen molar-refractivity contribution in [1.29, 1.82) is 0 Å². The molecule has 2 amide bonds. The Kier molecular flexibility index (Phi) is 6.23. The van der Waals surface area contributed by atoms with Gasteiger partial charge in [0, 0.05) is 40.5 Å². The van der Waals surface area contributed by atoms with Crippen molar-refractivity contribution >= 4 is 34.8 Å². The van der Waals surface area contributed by atoms with Crippen LogP contribution >= 0.6 is 11.6 Å². The molecule has 32 heavy (non-hydrogen) atoms. The quantitative estimate of drug-likeness (QED) is 0.559. The summed E-state index contributed by atoms with van der Waals surface area (Å²) in [7, 11) is 1.51. The Labute approximate surface area is 189 Å². The van der Waals surface area contributed by atoms with Gasteiger partial charge in [0.25, 0.3) is 11.8 Å². The van der Waals surface area contributed by atoms with Gasteiger partial charge < -0.3 is 14.5 Å². The van der Waals surface area contributed by atoms with Gasteiger partial charge in [-0.05, 0) is 50.1 Å². The van der Waals surface area contributed by atoms with Crippen molar-refractivity contribution in [2.45, 2.75) is 26.2 Å². The van der Waals surface area contributed by atoms with Crippen LogP contribution < -0.4 is 15.5 Å². The molecule has 0 saturated carbocycles. The number of amides is 2. The zero-order valence-electron chi connectivity index (χ0n) is 17.6. The van der Waals surface area contributed by atoms with Gasteiger partial charge in [-0.25, -0.2) is 5.43 Å². The van der Waals surface area contributed by atoms with E-state index < -0.39 is 5.91 Å². The maximum atomic E-state index is 13.0. The minimum absolute atomic E-state index is 0.187. The minimum Gasteiger partial charge on any atom is -0.495 e. The smallest absolute Gasteiger partial charge is 0.291 e. The number of ether oxygens (including phenoxy) is 1. The summed E-state index contributed by atoms with van der Waals surface area (Å²) < 4.78 is 11.2. The highest BCUT2D eigenvalue weighted by Crippen LogP contribution is 2.32. The van der Waals surface area contributed by atoms with E-state index in [0.29, 0.717) is 51.9 Å². The number of rotatable bonds is 5. The first-order chi connectivity index (χ1) is 15.5. The fraction of sp³-hybridized carbons (Fsp3) is 0.217. The van der Waals surface area contributed by atoms with Gasteiger partial charge >= 0.3 is 0 Å². The molecule has 0 fully saturated rings. The number of carbonyl (C=O) groups is 2. The molecule has 0 unspecified atom stereocenters. The summed E-state index contributed by atoms with van der Waals surface area (Å²) in [4.78, 5) is 29.2. The number of hydrogen-bond acceptors (Lipinski definition) is 6. The maximum Gasteiger partial charge on any atom is 0.291 e. The third-order valence-corrected chi connectivity index (χ3v) is 5.41. The van der Waals surface area contributed by atoms with Crippen LogP contribution in [0.15, 0.2) is 52.2 Å². The number of aromatic nitrogens is 1. The van der Waals surface area contributed by atoms with Gasteiger partial charge in [0.1, 0.15) is 11.5 Å². The monoisotopic (exact) mass is 452 g/mol. The van der Waals surface area contributed by atoms with Crippen molar-refractivity contribution in [2.75, 3.05) is 12.4 Å². The molecule has 0 spiro atoms. The molecule has 2 aromatic heterocycles. The fourth-order valence-electron chi connectivity index (χ4n) is 3.64. The third-order valence-electron chi connectivity index (χ3n) is 5.18. The van der Waals surface area contributed by atoms with Crippen molar-refractivity contribution in [3.8, 4) is 5.75 Å². The first kappa shape index (κ1) is 21.6. The molecule has 0 radical (unpaired) electrons. The number of fused-ring (bicyclic) bond motifs is 1. The molecule has 2 N–H and O–H groups in total. The molecule has 0 aliphatic heterocycles. The summed E-state index contributed by atoms with van der Waals surface area (Å²) in [5.41, 5.74) is 5.58. The second-order valence-electron chi connectivity index (χ2n) is 7.24. The van der Waals surface area contributed by atoms with E-state index in [9.17, 15) is 9.59 Å². The van der Waals surface area contributed by atoms with Gasteiger partial charge in [-0.2, -0.15) is 5.10 Å². The van der Waals surface area contributed by atoms with Crippen LogP contribution in [0.25, 0.3) is 0 Å². The minimum atomic E-state index is -0.419. The molecule has 0 saturated heterocycles. The highest BCUT2D eigenvalue weighted by Gasteiger charge is 2.28. The van der Waals surface area contributed by atoms with E-state index in [1.54, 1.807) is 49.6 Å². The zero-order chi connectivity index (χ0) is 22.7. The highest BCUT2D eigenvalue weighted by atomic mass is 35.5. The van der Waals surface area contributed by atoms with Gasteiger partial charge in [-0.1, -0.05) is 11.6 Å². The number of carbonyl (C=O) groups excluding carboxylic acids is 2. The number of nitrogens with zero attached hydrogens (tertiary/aromatic N) is 2. The molecule has 1 aliphatic carbocycles. The van der Waals surface area contributed by atoms with E-state index >= 15 is 0 Å². The van der Waals surface area contributed by atoms with Crippen molar-refractivity contribution in [1.82, 2.24) is 10.4 Å². The summed E-state index contributed by atoms with van der Waals surface area (Å²) in [6, 6.07) is 8.18. The summed E-state index contributed by atoms with van der Waals surface area (Å²) in [5.74, 6) is 0.593. The van der Waals surface area contributed by atoms with Crippen LogP contribution in [0.1, 0.15) is 50.6 Å². The standard InChI is InChI=1S/C23H21ClN4O4/c1-13-20-16(27-28-22(29)14-8-10-25-11-9-14)4-3-5-19(20)32-21(13)23(30)26-17-12-15(24)6-7-18(17)31-2/h6-12H,3-5H2,1-2H3,(H,26,30)(H,28,29)/b27-16+. The fourth-order valence-corrected chi connectivity index (χ4v) is 3.81. The number of hydrazone groups is 1. The van der Waals surface area contributed by atoms with E-state index in [1.807, 2.05) is 0 Å². The maximum absolute atomic E-state index is 13.0. The van der Waals surface area contributed by atoms with Gasteiger partial charge in [-0.15, -0.1) is 0 Å². The Balaban J connectivity index is 1.59. The van der Waals surface area contributed by atoms with Crippen LogP contribution in [0, 0.1) is 6.92 Å². The summed E-state index contributed by atoms with van der Waals surface area (Å²) in [6.45, 7) is 1.80. The number of pyridine rings is 1. The Morgan fingerprint density at radius 3 is 2.69 bits per heavy atom. The molecule has 164 valence electrons. The topological polar surface area (TPSA) is 106 Å². The van der Waals surface area contributed by atoms with Crippen LogP contribution in [0.5, 0.6) is 5.75 Å². The first-order valence-electron chi connectivity index (χ1n) is 10.0. The molecule has 1 aliphatic rings. The number of anilines is 1. The highest BCUT2D eigenvalue weighted by molar-refractivity contribution is 6.31. The Morgan fingerprint density at radius 1 is 1.16 bits per heavy atom. The lowest BCUT2D eigenvalue weighted by molar-refractivity contribution is 0.0953. The van der Waals surface area contributed by atoms with E-state index in [4.69, 9.17) is 20.8 Å². The van der Waals surface area contributed by atoms with Crippen molar-refractivity contribution < 1.29 is 18.7 Å². The van der Waals surface area contributed by atoms with Gasteiger partial charge in [0.15, 0.2) is 5.76 Å². The largest absolute Gasteiger partial charge is 0.495 e. The second kappa shape index (κ2) is 9.23.